The van der Waals surface area contributed by atoms with Gasteiger partial charge in [-0.05, 0) is 13.8 Å². The van der Waals surface area contributed by atoms with Crippen LogP contribution in [-0.2, 0) is 9.59 Å². The first-order valence-corrected chi connectivity index (χ1v) is 7.28. The molecule has 2 aliphatic heterocycles. The minimum Gasteiger partial charge on any atom is -0.336 e. The maximum atomic E-state index is 11.9. The van der Waals surface area contributed by atoms with Gasteiger partial charge in [0.1, 0.15) is 0 Å². The molecule has 0 radical (unpaired) electrons. The number of carbonyl (C=O) groups excluding carboxylic acids is 3. The summed E-state index contributed by atoms with van der Waals surface area (Å²) < 4.78 is 0. The lowest BCUT2D eigenvalue weighted by Gasteiger charge is -2.35. The number of piperazine rings is 1. The number of rotatable bonds is 4. The van der Waals surface area contributed by atoms with Crippen molar-refractivity contribution >= 4 is 17.8 Å². The van der Waals surface area contributed by atoms with Crippen LogP contribution in [0.4, 0.5) is 4.79 Å². The molecule has 0 aromatic rings. The second-order valence-corrected chi connectivity index (χ2v) is 5.59. The number of imide groups is 1. The Balaban J connectivity index is 1.71. The molecule has 0 aliphatic carbocycles. The van der Waals surface area contributed by atoms with E-state index in [0.29, 0.717) is 26.2 Å². The average molecular weight is 294 g/mol. The number of hydrogen-bond donors (Lipinski definition) is 1. The fourth-order valence-electron chi connectivity index (χ4n) is 2.41. The average Bonchev–Trinajstić information content (AvgIpc) is 2.75. The fraction of sp³-hybridized carbons (Fsp3) is 0.643. The predicted octanol–water partition coefficient (Wildman–Crippen LogP) is -0.353. The van der Waals surface area contributed by atoms with Crippen molar-refractivity contribution < 1.29 is 14.4 Å². The van der Waals surface area contributed by atoms with Crippen LogP contribution >= 0.6 is 0 Å². The summed E-state index contributed by atoms with van der Waals surface area (Å²) in [5.74, 6) is -0.482. The van der Waals surface area contributed by atoms with Crippen molar-refractivity contribution in [2.75, 3.05) is 39.3 Å². The van der Waals surface area contributed by atoms with Crippen molar-refractivity contribution in [1.82, 2.24) is 20.0 Å². The molecule has 4 amide bonds. The summed E-state index contributed by atoms with van der Waals surface area (Å²) in [6.07, 6.45) is 2.60. The van der Waals surface area contributed by atoms with Gasteiger partial charge in [0.15, 0.2) is 0 Å². The second-order valence-electron chi connectivity index (χ2n) is 5.59. The zero-order valence-corrected chi connectivity index (χ0v) is 12.5. The third kappa shape index (κ3) is 4.04. The highest BCUT2D eigenvalue weighted by molar-refractivity contribution is 6.12. The van der Waals surface area contributed by atoms with Gasteiger partial charge in [0.05, 0.1) is 0 Å². The Morgan fingerprint density at radius 3 is 2.19 bits per heavy atom. The number of urea groups is 1. The van der Waals surface area contributed by atoms with Gasteiger partial charge in [-0.3, -0.25) is 19.4 Å². The van der Waals surface area contributed by atoms with Crippen molar-refractivity contribution in [3.8, 4) is 0 Å². The van der Waals surface area contributed by atoms with E-state index in [-0.39, 0.29) is 23.9 Å². The first kappa shape index (κ1) is 15.5. The molecule has 1 N–H and O–H groups in total. The van der Waals surface area contributed by atoms with Crippen LogP contribution in [0.3, 0.4) is 0 Å². The van der Waals surface area contributed by atoms with Gasteiger partial charge in [-0.1, -0.05) is 0 Å². The molecule has 2 rings (SSSR count). The van der Waals surface area contributed by atoms with E-state index in [9.17, 15) is 14.4 Å². The normalized spacial score (nSPS) is 19.8. The Morgan fingerprint density at radius 2 is 1.67 bits per heavy atom. The molecule has 2 heterocycles. The summed E-state index contributed by atoms with van der Waals surface area (Å²) in [5, 5.41) is 2.88. The van der Waals surface area contributed by atoms with E-state index < -0.39 is 0 Å². The maximum absolute atomic E-state index is 11.9. The first-order chi connectivity index (χ1) is 9.97. The highest BCUT2D eigenvalue weighted by Gasteiger charge is 2.25. The van der Waals surface area contributed by atoms with E-state index in [1.54, 1.807) is 4.90 Å². The Labute approximate surface area is 124 Å². The van der Waals surface area contributed by atoms with Crippen LogP contribution in [0.25, 0.3) is 0 Å². The molecule has 21 heavy (non-hydrogen) atoms. The van der Waals surface area contributed by atoms with Gasteiger partial charge in [-0.2, -0.15) is 0 Å². The highest BCUT2D eigenvalue weighted by Crippen LogP contribution is 2.06. The number of hydrogen-bond acceptors (Lipinski definition) is 4. The first-order valence-electron chi connectivity index (χ1n) is 7.28. The van der Waals surface area contributed by atoms with Gasteiger partial charge >= 0.3 is 6.03 Å². The van der Waals surface area contributed by atoms with Crippen LogP contribution in [0.2, 0.25) is 0 Å². The zero-order chi connectivity index (χ0) is 15.4. The number of amides is 4. The molecule has 7 heteroatoms. The Morgan fingerprint density at radius 1 is 1.10 bits per heavy atom. The smallest absolute Gasteiger partial charge is 0.317 e. The molecule has 0 aromatic carbocycles. The fourth-order valence-corrected chi connectivity index (χ4v) is 2.41. The van der Waals surface area contributed by atoms with E-state index in [4.69, 9.17) is 0 Å². The van der Waals surface area contributed by atoms with E-state index >= 15 is 0 Å². The summed E-state index contributed by atoms with van der Waals surface area (Å²) in [5.41, 5.74) is 0. The number of nitrogens with one attached hydrogen (secondary N) is 1. The van der Waals surface area contributed by atoms with Crippen LogP contribution in [0.15, 0.2) is 12.2 Å². The van der Waals surface area contributed by atoms with Crippen molar-refractivity contribution in [3.63, 3.8) is 0 Å². The van der Waals surface area contributed by atoms with Gasteiger partial charge < -0.3 is 10.2 Å². The minimum absolute atomic E-state index is 0.0289. The van der Waals surface area contributed by atoms with Gasteiger partial charge in [-0.25, -0.2) is 4.79 Å². The predicted molar refractivity (Wildman–Crippen MR) is 77.5 cm³/mol. The lowest BCUT2D eigenvalue weighted by Crippen LogP contribution is -2.53. The van der Waals surface area contributed by atoms with Crippen molar-refractivity contribution in [1.29, 1.82) is 0 Å². The van der Waals surface area contributed by atoms with Crippen LogP contribution in [-0.4, -0.2) is 77.9 Å². The molecule has 0 atom stereocenters. The highest BCUT2D eigenvalue weighted by atomic mass is 16.2. The molecule has 7 nitrogen and oxygen atoms in total. The monoisotopic (exact) mass is 294 g/mol. The standard InChI is InChI=1S/C14H22N4O3/c1-11(2)15-14(21)17-8-5-16(6-9-17)7-10-18-12(19)3-4-13(18)20/h3-4,11H,5-10H2,1-2H3,(H,15,21). The van der Waals surface area contributed by atoms with Gasteiger partial charge in [0.2, 0.25) is 0 Å². The topological polar surface area (TPSA) is 73.0 Å². The SMILES string of the molecule is CC(C)NC(=O)N1CCN(CCN2C(=O)C=CC2=O)CC1. The molecule has 2 aliphatic rings. The van der Waals surface area contributed by atoms with E-state index in [1.807, 2.05) is 13.8 Å². The van der Waals surface area contributed by atoms with Crippen LogP contribution in [0, 0.1) is 0 Å². The molecule has 0 saturated carbocycles. The Kier molecular flexibility index (Phi) is 4.95. The van der Waals surface area contributed by atoms with E-state index in [1.165, 1.54) is 17.1 Å². The lowest BCUT2D eigenvalue weighted by atomic mass is 10.3. The molecule has 0 spiro atoms. The van der Waals surface area contributed by atoms with Gasteiger partial charge in [0.25, 0.3) is 11.8 Å². The summed E-state index contributed by atoms with van der Waals surface area (Å²) in [7, 11) is 0. The molecular weight excluding hydrogens is 272 g/mol. The van der Waals surface area contributed by atoms with Crippen LogP contribution in [0.5, 0.6) is 0 Å². The molecule has 0 unspecified atom stereocenters. The number of nitrogens with zero attached hydrogens (tertiary/aromatic N) is 3. The minimum atomic E-state index is -0.241. The van der Waals surface area contributed by atoms with Gasteiger partial charge in [-0.15, -0.1) is 0 Å². The summed E-state index contributed by atoms with van der Waals surface area (Å²) in [6.45, 7) is 7.78. The van der Waals surface area contributed by atoms with E-state index in [0.717, 1.165) is 13.1 Å². The molecule has 0 aromatic heterocycles. The second kappa shape index (κ2) is 6.71. The third-order valence-corrected chi connectivity index (χ3v) is 3.61. The van der Waals surface area contributed by atoms with Crippen LogP contribution in [0.1, 0.15) is 13.8 Å². The molecule has 116 valence electrons. The van der Waals surface area contributed by atoms with Gasteiger partial charge in [0, 0.05) is 57.5 Å². The summed E-state index contributed by atoms with van der Waals surface area (Å²) in [6, 6.07) is 0.106. The van der Waals surface area contributed by atoms with Crippen molar-refractivity contribution in [2.24, 2.45) is 0 Å². The van der Waals surface area contributed by atoms with E-state index in [2.05, 4.69) is 10.2 Å². The maximum Gasteiger partial charge on any atom is 0.317 e. The Bertz CT molecular complexity index is 435. The summed E-state index contributed by atoms with van der Waals surface area (Å²) in [4.78, 5) is 39.9. The third-order valence-electron chi connectivity index (χ3n) is 3.61. The molecule has 0 bridgehead atoms. The summed E-state index contributed by atoms with van der Waals surface area (Å²) >= 11 is 0. The lowest BCUT2D eigenvalue weighted by molar-refractivity contribution is -0.137. The number of carbonyl (C=O) groups is 3. The largest absolute Gasteiger partial charge is 0.336 e. The molecule has 1 saturated heterocycles. The molecule has 1 fully saturated rings. The van der Waals surface area contributed by atoms with Crippen LogP contribution < -0.4 is 5.32 Å². The Hall–Kier alpha value is -1.89. The van der Waals surface area contributed by atoms with Crippen molar-refractivity contribution in [2.45, 2.75) is 19.9 Å². The van der Waals surface area contributed by atoms with Crippen molar-refractivity contribution in [3.05, 3.63) is 12.2 Å². The molecular formula is C14H22N4O3. The quantitative estimate of drug-likeness (QED) is 0.719. The zero-order valence-electron chi connectivity index (χ0n) is 12.5.